The van der Waals surface area contributed by atoms with Crippen molar-refractivity contribution >= 4 is 44.3 Å². The molecule has 0 aliphatic carbocycles. The number of nitrogens with zero attached hydrogens (tertiary/aromatic N) is 1. The molecule has 0 amide bonds. The van der Waals surface area contributed by atoms with Gasteiger partial charge in [0.15, 0.2) is 0 Å². The molecule has 1 aromatic heterocycles. The van der Waals surface area contributed by atoms with Gasteiger partial charge in [-0.05, 0) is 102 Å². The van der Waals surface area contributed by atoms with Crippen LogP contribution in [0.25, 0.3) is 0 Å². The Bertz CT molecular complexity index is 1320. The maximum absolute atomic E-state index is 12.6. The first-order valence-electron chi connectivity index (χ1n) is 11.8. The molecule has 2 N–H and O–H groups in total. The van der Waals surface area contributed by atoms with E-state index in [4.69, 9.17) is 4.74 Å². The van der Waals surface area contributed by atoms with E-state index in [-0.39, 0.29) is 22.3 Å². The number of anilines is 1. The number of rotatable bonds is 10. The van der Waals surface area contributed by atoms with Crippen molar-refractivity contribution in [1.29, 1.82) is 0 Å². The minimum absolute atomic E-state index is 0.116. The third-order valence-corrected chi connectivity index (χ3v) is 8.95. The standard InChI is InChI=1S/C27H30IN3O4S/c1-27(13-11-26(32)35-2)24(17-20-4-3-14-29-18-20)23-16-19(5-10-25(23)31-27)12-15-30-36(33,34)22-8-6-21(28)7-9-22/h3-10,14,16,18,24,30-31H,11-13,15,17H2,1-2H3. The molecule has 7 nitrogen and oxygen atoms in total. The van der Waals surface area contributed by atoms with Crippen LogP contribution in [-0.2, 0) is 32.4 Å². The second-order valence-corrected chi connectivity index (χ2v) is 12.3. The number of carbonyl (C=O) groups excluding carboxylic acids is 1. The topological polar surface area (TPSA) is 97.4 Å². The number of methoxy groups -OCH3 is 1. The van der Waals surface area contributed by atoms with Gasteiger partial charge < -0.3 is 10.1 Å². The molecule has 0 saturated carbocycles. The summed E-state index contributed by atoms with van der Waals surface area (Å²) in [6.07, 6.45) is 5.93. The number of aromatic nitrogens is 1. The van der Waals surface area contributed by atoms with E-state index < -0.39 is 10.0 Å². The number of pyridine rings is 1. The fourth-order valence-electron chi connectivity index (χ4n) is 4.72. The van der Waals surface area contributed by atoms with Crippen LogP contribution in [0.4, 0.5) is 5.69 Å². The smallest absolute Gasteiger partial charge is 0.305 e. The molecule has 0 bridgehead atoms. The average molecular weight is 620 g/mol. The van der Waals surface area contributed by atoms with Crippen molar-refractivity contribution in [3.05, 3.63) is 87.3 Å². The van der Waals surface area contributed by atoms with Gasteiger partial charge in [0.2, 0.25) is 10.0 Å². The summed E-state index contributed by atoms with van der Waals surface area (Å²) in [5.74, 6) is -0.111. The summed E-state index contributed by atoms with van der Waals surface area (Å²) in [4.78, 5) is 16.4. The van der Waals surface area contributed by atoms with E-state index in [9.17, 15) is 13.2 Å². The number of esters is 1. The lowest BCUT2D eigenvalue weighted by molar-refractivity contribution is -0.141. The lowest BCUT2D eigenvalue weighted by Crippen LogP contribution is -2.37. The third kappa shape index (κ3) is 6.24. The maximum Gasteiger partial charge on any atom is 0.305 e. The Kier molecular flexibility index (Phi) is 8.31. The van der Waals surface area contributed by atoms with Gasteiger partial charge in [0, 0.05) is 46.1 Å². The molecule has 36 heavy (non-hydrogen) atoms. The number of fused-ring (bicyclic) bond motifs is 1. The highest BCUT2D eigenvalue weighted by molar-refractivity contribution is 14.1. The fraction of sp³-hybridized carbons (Fsp3) is 0.333. The number of hydrogen-bond donors (Lipinski definition) is 2. The highest BCUT2D eigenvalue weighted by atomic mass is 127. The number of ether oxygens (including phenoxy) is 1. The van der Waals surface area contributed by atoms with Crippen molar-refractivity contribution < 1.29 is 17.9 Å². The van der Waals surface area contributed by atoms with E-state index in [0.29, 0.717) is 25.8 Å². The summed E-state index contributed by atoms with van der Waals surface area (Å²) in [5, 5.41) is 3.65. The minimum atomic E-state index is -3.56. The van der Waals surface area contributed by atoms with Crippen LogP contribution < -0.4 is 10.0 Å². The summed E-state index contributed by atoms with van der Waals surface area (Å²) >= 11 is 2.15. The molecule has 2 unspecified atom stereocenters. The van der Waals surface area contributed by atoms with E-state index >= 15 is 0 Å². The second-order valence-electron chi connectivity index (χ2n) is 9.26. The first-order chi connectivity index (χ1) is 17.2. The van der Waals surface area contributed by atoms with Gasteiger partial charge in [0.05, 0.1) is 12.0 Å². The lowest BCUT2D eigenvalue weighted by atomic mass is 9.77. The second kappa shape index (κ2) is 11.3. The van der Waals surface area contributed by atoms with Gasteiger partial charge in [0.1, 0.15) is 0 Å². The van der Waals surface area contributed by atoms with Gasteiger partial charge in [-0.1, -0.05) is 18.2 Å². The SMILES string of the molecule is COC(=O)CCC1(C)Nc2ccc(CCNS(=O)(=O)c3ccc(I)cc3)cc2C1Cc1cccnc1. The molecule has 9 heteroatoms. The summed E-state index contributed by atoms with van der Waals surface area (Å²) in [6, 6.07) is 17.0. The average Bonchev–Trinajstić information content (AvgIpc) is 3.14. The predicted molar refractivity (Wildman–Crippen MR) is 148 cm³/mol. The Hall–Kier alpha value is -2.50. The molecule has 0 radical (unpaired) electrons. The van der Waals surface area contributed by atoms with Crippen LogP contribution >= 0.6 is 22.6 Å². The molecule has 190 valence electrons. The molecule has 1 aliphatic heterocycles. The van der Waals surface area contributed by atoms with Crippen molar-refractivity contribution in [3.8, 4) is 0 Å². The molecule has 2 heterocycles. The largest absolute Gasteiger partial charge is 0.469 e. The molecule has 0 spiro atoms. The molecule has 4 rings (SSSR count). The van der Waals surface area contributed by atoms with E-state index in [1.54, 1.807) is 30.5 Å². The first-order valence-corrected chi connectivity index (χ1v) is 14.4. The van der Waals surface area contributed by atoms with Gasteiger partial charge in [-0.2, -0.15) is 0 Å². The van der Waals surface area contributed by atoms with Crippen LogP contribution in [0.5, 0.6) is 0 Å². The summed E-state index contributed by atoms with van der Waals surface area (Å²) in [7, 11) is -2.15. The molecular weight excluding hydrogens is 589 g/mol. The number of hydrogen-bond acceptors (Lipinski definition) is 6. The van der Waals surface area contributed by atoms with Crippen LogP contribution in [0, 0.1) is 3.57 Å². The molecule has 2 atom stereocenters. The van der Waals surface area contributed by atoms with Gasteiger partial charge in [0.25, 0.3) is 0 Å². The highest BCUT2D eigenvalue weighted by Crippen LogP contribution is 2.47. The van der Waals surface area contributed by atoms with E-state index in [1.165, 1.54) is 12.7 Å². The predicted octanol–water partition coefficient (Wildman–Crippen LogP) is 4.67. The Morgan fingerprint density at radius 2 is 1.94 bits per heavy atom. The van der Waals surface area contributed by atoms with Crippen LogP contribution in [0.15, 0.2) is 71.9 Å². The number of carbonyl (C=O) groups is 1. The quantitative estimate of drug-likeness (QED) is 0.253. The lowest BCUT2D eigenvalue weighted by Gasteiger charge is -2.32. The Morgan fingerprint density at radius 3 is 2.64 bits per heavy atom. The van der Waals surface area contributed by atoms with Crippen molar-refractivity contribution in [2.24, 2.45) is 0 Å². The third-order valence-electron chi connectivity index (χ3n) is 6.75. The van der Waals surface area contributed by atoms with Gasteiger partial charge in [-0.25, -0.2) is 13.1 Å². The van der Waals surface area contributed by atoms with E-state index in [1.807, 2.05) is 18.3 Å². The Balaban J connectivity index is 1.51. The summed E-state index contributed by atoms with van der Waals surface area (Å²) < 4.78 is 33.9. The zero-order chi connectivity index (χ0) is 25.8. The number of nitrogens with one attached hydrogen (secondary N) is 2. The van der Waals surface area contributed by atoms with Crippen molar-refractivity contribution in [2.75, 3.05) is 19.0 Å². The van der Waals surface area contributed by atoms with Crippen molar-refractivity contribution in [3.63, 3.8) is 0 Å². The normalized spacial score (nSPS) is 18.9. The van der Waals surface area contributed by atoms with Crippen LogP contribution in [0.1, 0.15) is 42.4 Å². The maximum atomic E-state index is 12.6. The summed E-state index contributed by atoms with van der Waals surface area (Å²) in [6.45, 7) is 2.44. The first kappa shape index (κ1) is 26.6. The van der Waals surface area contributed by atoms with Crippen molar-refractivity contribution in [2.45, 2.75) is 49.0 Å². The molecule has 3 aromatic rings. The molecule has 0 fully saturated rings. The van der Waals surface area contributed by atoms with E-state index in [0.717, 1.165) is 26.8 Å². The number of sulfonamides is 1. The molecule has 0 saturated heterocycles. The zero-order valence-corrected chi connectivity index (χ0v) is 23.3. The highest BCUT2D eigenvalue weighted by Gasteiger charge is 2.42. The van der Waals surface area contributed by atoms with Crippen LogP contribution in [-0.4, -0.2) is 38.6 Å². The Morgan fingerprint density at radius 1 is 1.17 bits per heavy atom. The monoisotopic (exact) mass is 619 g/mol. The van der Waals surface area contributed by atoms with Crippen molar-refractivity contribution in [1.82, 2.24) is 9.71 Å². The zero-order valence-electron chi connectivity index (χ0n) is 20.3. The molecule has 2 aromatic carbocycles. The van der Waals surface area contributed by atoms with Crippen LogP contribution in [0.2, 0.25) is 0 Å². The fourth-order valence-corrected chi connectivity index (χ4v) is 6.12. The molecule has 1 aliphatic rings. The van der Waals surface area contributed by atoms with E-state index in [2.05, 4.69) is 62.7 Å². The van der Waals surface area contributed by atoms with Gasteiger partial charge in [-0.15, -0.1) is 0 Å². The van der Waals surface area contributed by atoms with Gasteiger partial charge >= 0.3 is 5.97 Å². The Labute approximate surface area is 226 Å². The number of benzene rings is 2. The number of halogens is 1. The van der Waals surface area contributed by atoms with Gasteiger partial charge in [-0.3, -0.25) is 9.78 Å². The van der Waals surface area contributed by atoms with Crippen LogP contribution in [0.3, 0.4) is 0 Å². The minimum Gasteiger partial charge on any atom is -0.469 e. The molecular formula is C27H30IN3O4S. The summed E-state index contributed by atoms with van der Waals surface area (Å²) in [5.41, 5.74) is 4.05.